The maximum Gasteiger partial charge on any atom is 0.252 e. The van der Waals surface area contributed by atoms with Crippen LogP contribution in [0.5, 0.6) is 0 Å². The van der Waals surface area contributed by atoms with Gasteiger partial charge in [0.2, 0.25) is 5.91 Å². The monoisotopic (exact) mass is 477 g/mol. The van der Waals surface area contributed by atoms with Crippen LogP contribution in [0, 0.1) is 3.57 Å². The number of likely N-dealkylation sites (N-methyl/N-ethyl adjacent to an activating group) is 1. The lowest BCUT2D eigenvalue weighted by Crippen LogP contribution is -2.38. The highest BCUT2D eigenvalue weighted by Gasteiger charge is 2.18. The van der Waals surface area contributed by atoms with E-state index in [0.717, 1.165) is 22.2 Å². The van der Waals surface area contributed by atoms with Crippen molar-refractivity contribution in [2.24, 2.45) is 0 Å². The third kappa shape index (κ3) is 5.00. The topological polar surface area (TPSA) is 52.6 Å². The molecule has 0 saturated carbocycles. The van der Waals surface area contributed by atoms with Gasteiger partial charge in [0.25, 0.3) is 5.91 Å². The molecule has 3 rings (SSSR count). The van der Waals surface area contributed by atoms with Crippen LogP contribution in [0.1, 0.15) is 28.8 Å². The Morgan fingerprint density at radius 1 is 1.07 bits per heavy atom. The van der Waals surface area contributed by atoms with E-state index in [2.05, 4.69) is 44.9 Å². The molecule has 0 aromatic heterocycles. The van der Waals surface area contributed by atoms with Crippen LogP contribution in [0.4, 0.5) is 5.69 Å². The molecule has 2 aromatic carbocycles. The predicted molar refractivity (Wildman–Crippen MR) is 116 cm³/mol. The Balaban J connectivity index is 1.58. The Morgan fingerprint density at radius 2 is 1.74 bits per heavy atom. The van der Waals surface area contributed by atoms with E-state index in [4.69, 9.17) is 0 Å². The molecule has 1 aliphatic heterocycles. The first-order valence-electron chi connectivity index (χ1n) is 9.16. The number of hydrogen-bond acceptors (Lipinski definition) is 3. The molecule has 0 atom stereocenters. The summed E-state index contributed by atoms with van der Waals surface area (Å²) < 4.78 is 0.868. The van der Waals surface area contributed by atoms with Gasteiger partial charge in [-0.1, -0.05) is 30.3 Å². The number of para-hydroxylation sites is 1. The minimum atomic E-state index is -0.223. The van der Waals surface area contributed by atoms with Crippen LogP contribution in [0.3, 0.4) is 0 Å². The Labute approximate surface area is 173 Å². The summed E-state index contributed by atoms with van der Waals surface area (Å²) in [7, 11) is 1.78. The van der Waals surface area contributed by atoms with Crippen molar-refractivity contribution in [1.29, 1.82) is 0 Å². The molecule has 5 nitrogen and oxygen atoms in total. The van der Waals surface area contributed by atoms with Crippen LogP contribution in [-0.4, -0.2) is 43.4 Å². The fourth-order valence-electron chi connectivity index (χ4n) is 3.29. The van der Waals surface area contributed by atoms with Crippen molar-refractivity contribution in [3.8, 4) is 0 Å². The zero-order valence-corrected chi connectivity index (χ0v) is 17.6. The second-order valence-corrected chi connectivity index (χ2v) is 7.90. The van der Waals surface area contributed by atoms with E-state index in [1.54, 1.807) is 18.0 Å². The van der Waals surface area contributed by atoms with E-state index < -0.39 is 0 Å². The molecule has 6 heteroatoms. The number of rotatable bonds is 6. The predicted octanol–water partition coefficient (Wildman–Crippen LogP) is 3.28. The first-order valence-corrected chi connectivity index (χ1v) is 10.2. The molecular formula is C21H24IN3O2. The lowest BCUT2D eigenvalue weighted by Gasteiger charge is -2.24. The van der Waals surface area contributed by atoms with E-state index in [0.29, 0.717) is 12.1 Å². The Bertz CT molecular complexity index is 819. The Morgan fingerprint density at radius 3 is 2.48 bits per heavy atom. The molecule has 0 aliphatic carbocycles. The second kappa shape index (κ2) is 9.21. The van der Waals surface area contributed by atoms with Crippen LogP contribution in [0.25, 0.3) is 0 Å². The zero-order valence-electron chi connectivity index (χ0n) is 15.5. The van der Waals surface area contributed by atoms with Gasteiger partial charge < -0.3 is 15.1 Å². The SMILES string of the molecule is CN(Cc1ccccc1N1CCCC1)C(=O)CNC(=O)c1ccccc1I. The molecule has 1 N–H and O–H groups in total. The van der Waals surface area contributed by atoms with E-state index in [9.17, 15) is 9.59 Å². The first kappa shape index (κ1) is 19.7. The van der Waals surface area contributed by atoms with Gasteiger partial charge in [0.1, 0.15) is 0 Å². The zero-order chi connectivity index (χ0) is 19.2. The van der Waals surface area contributed by atoms with Crippen molar-refractivity contribution in [2.45, 2.75) is 19.4 Å². The maximum atomic E-state index is 12.5. The summed E-state index contributed by atoms with van der Waals surface area (Å²) >= 11 is 2.12. The van der Waals surface area contributed by atoms with Gasteiger partial charge in [-0.2, -0.15) is 0 Å². The number of nitrogens with one attached hydrogen (secondary N) is 1. The van der Waals surface area contributed by atoms with Crippen LogP contribution in [0.15, 0.2) is 48.5 Å². The van der Waals surface area contributed by atoms with Gasteiger partial charge in [0.15, 0.2) is 0 Å². The van der Waals surface area contributed by atoms with Crippen molar-refractivity contribution in [3.05, 3.63) is 63.2 Å². The normalized spacial score (nSPS) is 13.5. The molecule has 0 bridgehead atoms. The van der Waals surface area contributed by atoms with Crippen LogP contribution < -0.4 is 10.2 Å². The molecule has 2 amide bonds. The molecule has 0 unspecified atom stereocenters. The quantitative estimate of drug-likeness (QED) is 0.650. The third-order valence-electron chi connectivity index (χ3n) is 4.79. The average Bonchev–Trinajstić information content (AvgIpc) is 3.21. The number of carbonyl (C=O) groups excluding carboxylic acids is 2. The molecular weight excluding hydrogens is 453 g/mol. The largest absolute Gasteiger partial charge is 0.371 e. The summed E-state index contributed by atoms with van der Waals surface area (Å²) in [6, 6.07) is 15.6. The summed E-state index contributed by atoms with van der Waals surface area (Å²) in [5.41, 5.74) is 2.93. The van der Waals surface area contributed by atoms with Crippen LogP contribution in [0.2, 0.25) is 0 Å². The molecule has 0 spiro atoms. The number of benzene rings is 2. The fraction of sp³-hybridized carbons (Fsp3) is 0.333. The van der Waals surface area contributed by atoms with Crippen molar-refractivity contribution in [3.63, 3.8) is 0 Å². The van der Waals surface area contributed by atoms with Gasteiger partial charge in [-0.3, -0.25) is 9.59 Å². The standard InChI is InChI=1S/C21H24IN3O2/c1-24(15-16-8-2-5-11-19(16)25-12-6-7-13-25)20(26)14-23-21(27)17-9-3-4-10-18(17)22/h2-5,8-11H,6-7,12-15H2,1H3,(H,23,27). The van der Waals surface area contributed by atoms with E-state index in [-0.39, 0.29) is 18.4 Å². The van der Waals surface area contributed by atoms with E-state index in [1.807, 2.05) is 30.3 Å². The molecule has 1 fully saturated rings. The van der Waals surface area contributed by atoms with Crippen LogP contribution in [-0.2, 0) is 11.3 Å². The number of anilines is 1. The number of nitrogens with zero attached hydrogens (tertiary/aromatic N) is 2. The fourth-order valence-corrected chi connectivity index (χ4v) is 3.92. The second-order valence-electron chi connectivity index (χ2n) is 6.74. The average molecular weight is 477 g/mol. The number of hydrogen-bond donors (Lipinski definition) is 1. The van der Waals surface area contributed by atoms with E-state index in [1.165, 1.54) is 18.5 Å². The lowest BCUT2D eigenvalue weighted by molar-refractivity contribution is -0.129. The summed E-state index contributed by atoms with van der Waals surface area (Å²) in [5, 5.41) is 2.73. The number of halogens is 1. The van der Waals surface area contributed by atoms with Crippen molar-refractivity contribution in [2.75, 3.05) is 31.6 Å². The molecule has 0 radical (unpaired) electrons. The van der Waals surface area contributed by atoms with Gasteiger partial charge >= 0.3 is 0 Å². The molecule has 2 aromatic rings. The summed E-state index contributed by atoms with van der Waals surface area (Å²) in [6.07, 6.45) is 2.43. The highest BCUT2D eigenvalue weighted by Crippen LogP contribution is 2.25. The minimum Gasteiger partial charge on any atom is -0.371 e. The van der Waals surface area contributed by atoms with Crippen molar-refractivity contribution >= 4 is 40.1 Å². The highest BCUT2D eigenvalue weighted by atomic mass is 127. The number of amides is 2. The molecule has 1 heterocycles. The molecule has 1 aliphatic rings. The first-order chi connectivity index (χ1) is 13.1. The third-order valence-corrected chi connectivity index (χ3v) is 5.73. The van der Waals surface area contributed by atoms with Crippen LogP contribution >= 0.6 is 22.6 Å². The smallest absolute Gasteiger partial charge is 0.252 e. The van der Waals surface area contributed by atoms with Gasteiger partial charge in [-0.05, 0) is 59.2 Å². The van der Waals surface area contributed by atoms with E-state index >= 15 is 0 Å². The maximum absolute atomic E-state index is 12.5. The van der Waals surface area contributed by atoms with Gasteiger partial charge in [-0.25, -0.2) is 0 Å². The summed E-state index contributed by atoms with van der Waals surface area (Å²) in [6.45, 7) is 2.66. The Kier molecular flexibility index (Phi) is 6.71. The number of carbonyl (C=O) groups is 2. The molecule has 27 heavy (non-hydrogen) atoms. The highest BCUT2D eigenvalue weighted by molar-refractivity contribution is 14.1. The summed E-state index contributed by atoms with van der Waals surface area (Å²) in [4.78, 5) is 28.8. The van der Waals surface area contributed by atoms with Gasteiger partial charge in [-0.15, -0.1) is 0 Å². The van der Waals surface area contributed by atoms with Crippen molar-refractivity contribution < 1.29 is 9.59 Å². The van der Waals surface area contributed by atoms with Gasteiger partial charge in [0, 0.05) is 35.9 Å². The lowest BCUT2D eigenvalue weighted by atomic mass is 10.1. The summed E-state index contributed by atoms with van der Waals surface area (Å²) in [5.74, 6) is -0.329. The molecule has 142 valence electrons. The molecule has 1 saturated heterocycles. The van der Waals surface area contributed by atoms with Crippen molar-refractivity contribution in [1.82, 2.24) is 10.2 Å². The van der Waals surface area contributed by atoms with Gasteiger partial charge in [0.05, 0.1) is 12.1 Å². The Hall–Kier alpha value is -2.09. The minimum absolute atomic E-state index is 0.00775.